The SMILES string of the molecule is CC(CBr)COc1ccc(C(C)C)cc1. The van der Waals surface area contributed by atoms with Gasteiger partial charge in [-0.05, 0) is 29.5 Å². The summed E-state index contributed by atoms with van der Waals surface area (Å²) in [5.74, 6) is 2.10. The largest absolute Gasteiger partial charge is 0.493 e. The smallest absolute Gasteiger partial charge is 0.119 e. The van der Waals surface area contributed by atoms with Crippen molar-refractivity contribution in [2.24, 2.45) is 5.92 Å². The normalized spacial score (nSPS) is 12.9. The predicted octanol–water partition coefficient (Wildman–Crippen LogP) is 4.22. The first-order valence-corrected chi connectivity index (χ1v) is 6.54. The first-order valence-electron chi connectivity index (χ1n) is 5.42. The van der Waals surface area contributed by atoms with Crippen LogP contribution in [0.2, 0.25) is 0 Å². The number of hydrogen-bond acceptors (Lipinski definition) is 1. The maximum Gasteiger partial charge on any atom is 0.119 e. The summed E-state index contributed by atoms with van der Waals surface area (Å²) in [4.78, 5) is 0. The Hall–Kier alpha value is -0.500. The van der Waals surface area contributed by atoms with Gasteiger partial charge in [0.15, 0.2) is 0 Å². The van der Waals surface area contributed by atoms with Crippen molar-refractivity contribution < 1.29 is 4.74 Å². The molecule has 1 aromatic rings. The Morgan fingerprint density at radius 1 is 1.13 bits per heavy atom. The molecule has 84 valence electrons. The molecule has 0 aromatic heterocycles. The summed E-state index contributed by atoms with van der Waals surface area (Å²) in [6.07, 6.45) is 0. The van der Waals surface area contributed by atoms with Gasteiger partial charge in [0, 0.05) is 5.33 Å². The van der Waals surface area contributed by atoms with Crippen LogP contribution in [-0.4, -0.2) is 11.9 Å². The van der Waals surface area contributed by atoms with Gasteiger partial charge in [0.1, 0.15) is 5.75 Å². The quantitative estimate of drug-likeness (QED) is 0.728. The summed E-state index contributed by atoms with van der Waals surface area (Å²) in [5.41, 5.74) is 1.36. The monoisotopic (exact) mass is 270 g/mol. The summed E-state index contributed by atoms with van der Waals surface area (Å²) < 4.78 is 5.66. The molecule has 15 heavy (non-hydrogen) atoms. The molecular weight excluding hydrogens is 252 g/mol. The van der Waals surface area contributed by atoms with E-state index in [0.29, 0.717) is 11.8 Å². The van der Waals surface area contributed by atoms with Crippen molar-refractivity contribution in [3.63, 3.8) is 0 Å². The fraction of sp³-hybridized carbons (Fsp3) is 0.538. The van der Waals surface area contributed by atoms with E-state index in [1.54, 1.807) is 0 Å². The minimum Gasteiger partial charge on any atom is -0.493 e. The molecule has 0 saturated heterocycles. The van der Waals surface area contributed by atoms with E-state index >= 15 is 0 Å². The third kappa shape index (κ3) is 4.25. The highest BCUT2D eigenvalue weighted by Gasteiger charge is 2.02. The van der Waals surface area contributed by atoms with Gasteiger partial charge in [-0.1, -0.05) is 48.8 Å². The third-order valence-corrected chi connectivity index (χ3v) is 3.45. The third-order valence-electron chi connectivity index (χ3n) is 2.34. The van der Waals surface area contributed by atoms with Gasteiger partial charge in [0.25, 0.3) is 0 Å². The van der Waals surface area contributed by atoms with E-state index in [4.69, 9.17) is 4.74 Å². The predicted molar refractivity (Wildman–Crippen MR) is 69.0 cm³/mol. The van der Waals surface area contributed by atoms with Gasteiger partial charge >= 0.3 is 0 Å². The molecule has 1 atom stereocenters. The first kappa shape index (κ1) is 12.6. The van der Waals surface area contributed by atoms with E-state index in [-0.39, 0.29) is 0 Å². The molecule has 0 spiro atoms. The molecular formula is C13H19BrO. The molecule has 0 N–H and O–H groups in total. The molecule has 0 bridgehead atoms. The molecule has 0 heterocycles. The van der Waals surface area contributed by atoms with Crippen molar-refractivity contribution in [3.05, 3.63) is 29.8 Å². The van der Waals surface area contributed by atoms with E-state index in [2.05, 4.69) is 61.0 Å². The van der Waals surface area contributed by atoms with E-state index in [1.807, 2.05) is 0 Å². The second kappa shape index (κ2) is 6.16. The fourth-order valence-corrected chi connectivity index (χ4v) is 1.42. The maximum atomic E-state index is 5.66. The van der Waals surface area contributed by atoms with Crippen LogP contribution < -0.4 is 4.74 Å². The minimum atomic E-state index is 0.551. The lowest BCUT2D eigenvalue weighted by Crippen LogP contribution is -2.09. The summed E-state index contributed by atoms with van der Waals surface area (Å²) in [6.45, 7) is 7.33. The van der Waals surface area contributed by atoms with Gasteiger partial charge in [0.05, 0.1) is 6.61 Å². The Labute approximate surface area is 101 Å². The summed E-state index contributed by atoms with van der Waals surface area (Å²) in [5, 5.41) is 0.983. The average molecular weight is 271 g/mol. The number of alkyl halides is 1. The number of halogens is 1. The molecule has 0 aliphatic carbocycles. The van der Waals surface area contributed by atoms with Crippen LogP contribution in [0.1, 0.15) is 32.3 Å². The van der Waals surface area contributed by atoms with Crippen LogP contribution in [-0.2, 0) is 0 Å². The van der Waals surface area contributed by atoms with Gasteiger partial charge < -0.3 is 4.74 Å². The molecule has 0 radical (unpaired) electrons. The van der Waals surface area contributed by atoms with Gasteiger partial charge in [-0.25, -0.2) is 0 Å². The second-order valence-electron chi connectivity index (χ2n) is 4.29. The summed E-state index contributed by atoms with van der Waals surface area (Å²) in [6, 6.07) is 8.38. The van der Waals surface area contributed by atoms with E-state index in [1.165, 1.54) is 5.56 Å². The first-order chi connectivity index (χ1) is 7.13. The Kier molecular flexibility index (Phi) is 5.16. The molecule has 1 nitrogen and oxygen atoms in total. The van der Waals surface area contributed by atoms with Gasteiger partial charge in [-0.2, -0.15) is 0 Å². The Bertz CT molecular complexity index is 279. The molecule has 0 saturated carbocycles. The van der Waals surface area contributed by atoms with E-state index < -0.39 is 0 Å². The highest BCUT2D eigenvalue weighted by Crippen LogP contribution is 2.19. The van der Waals surface area contributed by atoms with Crippen LogP contribution >= 0.6 is 15.9 Å². The molecule has 0 fully saturated rings. The molecule has 0 amide bonds. The van der Waals surface area contributed by atoms with Crippen molar-refractivity contribution >= 4 is 15.9 Å². The number of benzene rings is 1. The number of rotatable bonds is 5. The average Bonchev–Trinajstić information content (AvgIpc) is 2.26. The summed E-state index contributed by atoms with van der Waals surface area (Å²) in [7, 11) is 0. The lowest BCUT2D eigenvalue weighted by molar-refractivity contribution is 0.274. The Morgan fingerprint density at radius 3 is 2.20 bits per heavy atom. The highest BCUT2D eigenvalue weighted by molar-refractivity contribution is 9.09. The van der Waals surface area contributed by atoms with E-state index in [0.717, 1.165) is 17.7 Å². The van der Waals surface area contributed by atoms with Crippen molar-refractivity contribution in [3.8, 4) is 5.75 Å². The van der Waals surface area contributed by atoms with Crippen molar-refractivity contribution in [1.82, 2.24) is 0 Å². The van der Waals surface area contributed by atoms with Crippen LogP contribution in [0.5, 0.6) is 5.75 Å². The van der Waals surface area contributed by atoms with Gasteiger partial charge in [-0.3, -0.25) is 0 Å². The lowest BCUT2D eigenvalue weighted by Gasteiger charge is -2.11. The van der Waals surface area contributed by atoms with Crippen molar-refractivity contribution in [1.29, 1.82) is 0 Å². The van der Waals surface area contributed by atoms with Gasteiger partial charge in [0.2, 0.25) is 0 Å². The zero-order valence-corrected chi connectivity index (χ0v) is 11.3. The Morgan fingerprint density at radius 2 is 1.73 bits per heavy atom. The van der Waals surface area contributed by atoms with Crippen LogP contribution in [0.3, 0.4) is 0 Å². The molecule has 0 aliphatic rings. The van der Waals surface area contributed by atoms with Gasteiger partial charge in [-0.15, -0.1) is 0 Å². The zero-order valence-electron chi connectivity index (χ0n) is 9.66. The van der Waals surface area contributed by atoms with Crippen LogP contribution in [0.25, 0.3) is 0 Å². The molecule has 1 aromatic carbocycles. The summed E-state index contributed by atoms with van der Waals surface area (Å²) >= 11 is 3.44. The van der Waals surface area contributed by atoms with Crippen LogP contribution in [0.4, 0.5) is 0 Å². The zero-order chi connectivity index (χ0) is 11.3. The second-order valence-corrected chi connectivity index (χ2v) is 4.94. The highest BCUT2D eigenvalue weighted by atomic mass is 79.9. The fourth-order valence-electron chi connectivity index (χ4n) is 1.23. The maximum absolute atomic E-state index is 5.66. The molecule has 1 rings (SSSR count). The number of hydrogen-bond donors (Lipinski definition) is 0. The van der Waals surface area contributed by atoms with Crippen LogP contribution in [0.15, 0.2) is 24.3 Å². The van der Waals surface area contributed by atoms with Crippen molar-refractivity contribution in [2.45, 2.75) is 26.7 Å². The van der Waals surface area contributed by atoms with Crippen LogP contribution in [0, 0.1) is 5.92 Å². The molecule has 2 heteroatoms. The molecule has 1 unspecified atom stereocenters. The molecule has 0 aliphatic heterocycles. The lowest BCUT2D eigenvalue weighted by atomic mass is 10.0. The van der Waals surface area contributed by atoms with E-state index in [9.17, 15) is 0 Å². The van der Waals surface area contributed by atoms with Crippen molar-refractivity contribution in [2.75, 3.05) is 11.9 Å². The topological polar surface area (TPSA) is 9.23 Å². The number of ether oxygens (including phenoxy) is 1. The minimum absolute atomic E-state index is 0.551. The standard InChI is InChI=1S/C13H19BrO/c1-10(2)12-4-6-13(7-5-12)15-9-11(3)8-14/h4-7,10-11H,8-9H2,1-3H3. The Balaban J connectivity index is 2.50.